The van der Waals surface area contributed by atoms with Gasteiger partial charge in [-0.2, -0.15) is 0 Å². The van der Waals surface area contributed by atoms with Crippen LogP contribution in [0.5, 0.6) is 0 Å². The molecule has 0 amide bonds. The van der Waals surface area contributed by atoms with Gasteiger partial charge < -0.3 is 10.2 Å². The number of furan rings is 1. The summed E-state index contributed by atoms with van der Waals surface area (Å²) in [7, 11) is 0. The van der Waals surface area contributed by atoms with Crippen LogP contribution >= 0.6 is 0 Å². The lowest BCUT2D eigenvalue weighted by Gasteiger charge is -2.11. The number of benzene rings is 1. The average molecular weight is 260 g/mol. The van der Waals surface area contributed by atoms with Gasteiger partial charge in [-0.15, -0.1) is 0 Å². The molecule has 0 radical (unpaired) electrons. The van der Waals surface area contributed by atoms with E-state index in [1.54, 1.807) is 6.07 Å². The van der Waals surface area contributed by atoms with E-state index in [-0.39, 0.29) is 5.88 Å². The van der Waals surface area contributed by atoms with E-state index in [1.165, 1.54) is 11.6 Å². The molecule has 0 fully saturated rings. The van der Waals surface area contributed by atoms with Crippen molar-refractivity contribution in [3.05, 3.63) is 63.4 Å². The highest BCUT2D eigenvalue weighted by Gasteiger charge is 2.18. The number of nitro groups is 1. The molecule has 0 saturated carbocycles. The predicted octanol–water partition coefficient (Wildman–Crippen LogP) is 3.36. The zero-order valence-electron chi connectivity index (χ0n) is 10.9. The van der Waals surface area contributed by atoms with Crippen molar-refractivity contribution in [3.63, 3.8) is 0 Å². The Hall–Kier alpha value is -2.14. The lowest BCUT2D eigenvalue weighted by Crippen LogP contribution is -2.10. The van der Waals surface area contributed by atoms with Crippen LogP contribution in [0.4, 0.5) is 5.88 Å². The van der Waals surface area contributed by atoms with E-state index in [0.29, 0.717) is 11.7 Å². The van der Waals surface area contributed by atoms with Crippen LogP contribution in [-0.4, -0.2) is 4.92 Å². The summed E-state index contributed by atoms with van der Waals surface area (Å²) in [6, 6.07) is 10.2. The molecule has 1 unspecified atom stereocenters. The Morgan fingerprint density at radius 2 is 1.68 bits per heavy atom. The molecule has 0 aliphatic carbocycles. The molecule has 0 bridgehead atoms. The standard InChI is InChI=1S/C14H16N2O3/c1-9(2)10-3-5-11(6-4-10)14(15)12-7-8-13(19-12)16(17)18/h3-9,14H,15H2,1-2H3. The molecule has 1 aromatic heterocycles. The summed E-state index contributed by atoms with van der Waals surface area (Å²) in [5.74, 6) is 0.559. The summed E-state index contributed by atoms with van der Waals surface area (Å²) >= 11 is 0. The van der Waals surface area contributed by atoms with Crippen LogP contribution in [0.25, 0.3) is 0 Å². The topological polar surface area (TPSA) is 82.3 Å². The van der Waals surface area contributed by atoms with Crippen LogP contribution in [0.2, 0.25) is 0 Å². The van der Waals surface area contributed by atoms with Crippen LogP contribution in [0.1, 0.15) is 42.7 Å². The normalized spacial score (nSPS) is 12.6. The maximum Gasteiger partial charge on any atom is 0.433 e. The van der Waals surface area contributed by atoms with E-state index in [4.69, 9.17) is 10.2 Å². The highest BCUT2D eigenvalue weighted by Crippen LogP contribution is 2.26. The van der Waals surface area contributed by atoms with Gasteiger partial charge in [0.1, 0.15) is 10.7 Å². The third-order valence-corrected chi connectivity index (χ3v) is 3.06. The lowest BCUT2D eigenvalue weighted by atomic mass is 9.98. The van der Waals surface area contributed by atoms with Crippen LogP contribution in [0.15, 0.2) is 40.8 Å². The van der Waals surface area contributed by atoms with Crippen molar-refractivity contribution in [2.75, 3.05) is 0 Å². The van der Waals surface area contributed by atoms with E-state index in [0.717, 1.165) is 5.56 Å². The Bertz CT molecular complexity index is 573. The lowest BCUT2D eigenvalue weighted by molar-refractivity contribution is -0.402. The Morgan fingerprint density at radius 1 is 1.11 bits per heavy atom. The second-order valence-corrected chi connectivity index (χ2v) is 4.73. The maximum absolute atomic E-state index is 10.6. The third-order valence-electron chi connectivity index (χ3n) is 3.06. The van der Waals surface area contributed by atoms with Crippen molar-refractivity contribution in [1.82, 2.24) is 0 Å². The molecule has 19 heavy (non-hydrogen) atoms. The van der Waals surface area contributed by atoms with Crippen LogP contribution in [0, 0.1) is 10.1 Å². The van der Waals surface area contributed by atoms with Gasteiger partial charge in [-0.3, -0.25) is 10.1 Å². The summed E-state index contributed by atoms with van der Waals surface area (Å²) in [4.78, 5) is 9.99. The quantitative estimate of drug-likeness (QED) is 0.675. The molecule has 0 aliphatic heterocycles. The molecule has 100 valence electrons. The van der Waals surface area contributed by atoms with E-state index in [9.17, 15) is 10.1 Å². The molecular formula is C14H16N2O3. The number of nitrogens with two attached hydrogens (primary N) is 1. The Labute approximate surface area is 111 Å². The fraction of sp³-hybridized carbons (Fsp3) is 0.286. The van der Waals surface area contributed by atoms with Crippen molar-refractivity contribution in [1.29, 1.82) is 0 Å². The van der Waals surface area contributed by atoms with Crippen LogP contribution in [-0.2, 0) is 0 Å². The minimum atomic E-state index is -0.571. The molecule has 2 N–H and O–H groups in total. The zero-order chi connectivity index (χ0) is 14.0. The average Bonchev–Trinajstić information content (AvgIpc) is 2.87. The minimum Gasteiger partial charge on any atom is -0.404 e. The second-order valence-electron chi connectivity index (χ2n) is 4.73. The summed E-state index contributed by atoms with van der Waals surface area (Å²) < 4.78 is 5.11. The number of nitrogens with zero attached hydrogens (tertiary/aromatic N) is 1. The van der Waals surface area contributed by atoms with Gasteiger partial charge >= 0.3 is 5.88 Å². The number of hydrogen-bond acceptors (Lipinski definition) is 4. The number of hydrogen-bond donors (Lipinski definition) is 1. The zero-order valence-corrected chi connectivity index (χ0v) is 10.9. The summed E-state index contributed by atoms with van der Waals surface area (Å²) in [6.07, 6.45) is 0. The Morgan fingerprint density at radius 3 is 2.16 bits per heavy atom. The molecular weight excluding hydrogens is 244 g/mol. The Balaban J connectivity index is 2.22. The molecule has 2 aromatic rings. The molecule has 1 heterocycles. The van der Waals surface area contributed by atoms with E-state index >= 15 is 0 Å². The van der Waals surface area contributed by atoms with Gasteiger partial charge in [-0.25, -0.2) is 0 Å². The first kappa shape index (κ1) is 13.3. The molecule has 5 nitrogen and oxygen atoms in total. The van der Waals surface area contributed by atoms with Crippen molar-refractivity contribution in [2.45, 2.75) is 25.8 Å². The molecule has 1 atom stereocenters. The van der Waals surface area contributed by atoms with Crippen molar-refractivity contribution in [2.24, 2.45) is 5.73 Å². The molecule has 2 rings (SSSR count). The van der Waals surface area contributed by atoms with Crippen molar-refractivity contribution >= 4 is 5.88 Å². The van der Waals surface area contributed by atoms with Gasteiger partial charge in [-0.1, -0.05) is 38.1 Å². The van der Waals surface area contributed by atoms with Gasteiger partial charge in [0.15, 0.2) is 0 Å². The highest BCUT2D eigenvalue weighted by atomic mass is 16.6. The van der Waals surface area contributed by atoms with Gasteiger partial charge in [0.05, 0.1) is 12.1 Å². The smallest absolute Gasteiger partial charge is 0.404 e. The van der Waals surface area contributed by atoms with Crippen molar-refractivity contribution in [3.8, 4) is 0 Å². The molecule has 0 saturated heterocycles. The van der Waals surface area contributed by atoms with Crippen LogP contribution in [0.3, 0.4) is 0 Å². The SMILES string of the molecule is CC(C)c1ccc(C(N)c2ccc([N+](=O)[O-])o2)cc1. The maximum atomic E-state index is 10.6. The monoisotopic (exact) mass is 260 g/mol. The second kappa shape index (κ2) is 5.24. The third kappa shape index (κ3) is 2.82. The first-order chi connectivity index (χ1) is 8.99. The predicted molar refractivity (Wildman–Crippen MR) is 71.9 cm³/mol. The molecule has 0 aliphatic rings. The molecule has 1 aromatic carbocycles. The first-order valence-electron chi connectivity index (χ1n) is 6.08. The summed E-state index contributed by atoms with van der Waals surface area (Å²) in [5.41, 5.74) is 8.13. The van der Waals surface area contributed by atoms with Crippen LogP contribution < -0.4 is 5.73 Å². The van der Waals surface area contributed by atoms with Gasteiger partial charge in [-0.05, 0) is 23.1 Å². The highest BCUT2D eigenvalue weighted by molar-refractivity contribution is 5.32. The number of rotatable bonds is 4. The fourth-order valence-electron chi connectivity index (χ4n) is 1.86. The minimum absolute atomic E-state index is 0.288. The Kier molecular flexibility index (Phi) is 3.66. The van der Waals surface area contributed by atoms with E-state index in [2.05, 4.69) is 13.8 Å². The summed E-state index contributed by atoms with van der Waals surface area (Å²) in [6.45, 7) is 4.23. The van der Waals surface area contributed by atoms with Crippen molar-refractivity contribution < 1.29 is 9.34 Å². The molecule has 5 heteroatoms. The van der Waals surface area contributed by atoms with Gasteiger partial charge in [0, 0.05) is 0 Å². The van der Waals surface area contributed by atoms with E-state index in [1.807, 2.05) is 24.3 Å². The largest absolute Gasteiger partial charge is 0.433 e. The summed E-state index contributed by atoms with van der Waals surface area (Å²) in [5, 5.41) is 10.6. The van der Waals surface area contributed by atoms with E-state index < -0.39 is 11.0 Å². The van der Waals surface area contributed by atoms with Gasteiger partial charge in [0.25, 0.3) is 0 Å². The first-order valence-corrected chi connectivity index (χ1v) is 6.08. The molecule has 0 spiro atoms. The van der Waals surface area contributed by atoms with Gasteiger partial charge in [0.2, 0.25) is 0 Å². The fourth-order valence-corrected chi connectivity index (χ4v) is 1.86.